The molecule has 8 heteroatoms. The SMILES string of the molecule is COC(=O)C(CO[Si](c1ccccc1)(c1ccccc1)C(C)(C)C)NC(=O)[C@@H](N)[C@@H](C)O. The van der Waals surface area contributed by atoms with Crippen LogP contribution in [-0.4, -0.2) is 57.2 Å². The molecule has 0 heterocycles. The Balaban J connectivity index is 2.48. The van der Waals surface area contributed by atoms with Gasteiger partial charge >= 0.3 is 5.97 Å². The van der Waals surface area contributed by atoms with Crippen LogP contribution in [0.1, 0.15) is 27.7 Å². The Morgan fingerprint density at radius 2 is 1.50 bits per heavy atom. The maximum Gasteiger partial charge on any atom is 0.330 e. The number of amides is 1. The molecule has 0 aromatic heterocycles. The van der Waals surface area contributed by atoms with Gasteiger partial charge in [-0.3, -0.25) is 4.79 Å². The Labute approximate surface area is 191 Å². The summed E-state index contributed by atoms with van der Waals surface area (Å²) < 4.78 is 11.6. The van der Waals surface area contributed by atoms with Gasteiger partial charge < -0.3 is 25.3 Å². The lowest BCUT2D eigenvalue weighted by Crippen LogP contribution is -2.68. The van der Waals surface area contributed by atoms with Crippen LogP contribution in [0.2, 0.25) is 5.04 Å². The number of methoxy groups -OCH3 is 1. The predicted molar refractivity (Wildman–Crippen MR) is 127 cm³/mol. The number of hydrogen-bond acceptors (Lipinski definition) is 6. The zero-order valence-electron chi connectivity index (χ0n) is 19.4. The molecule has 174 valence electrons. The number of esters is 1. The monoisotopic (exact) mass is 458 g/mol. The van der Waals surface area contributed by atoms with E-state index in [1.807, 2.05) is 60.7 Å². The van der Waals surface area contributed by atoms with Gasteiger partial charge in [0.15, 0.2) is 0 Å². The molecule has 0 saturated heterocycles. The molecule has 1 unspecified atom stereocenters. The Morgan fingerprint density at radius 3 is 1.88 bits per heavy atom. The summed E-state index contributed by atoms with van der Waals surface area (Å²) in [6.07, 6.45) is -1.06. The largest absolute Gasteiger partial charge is 0.467 e. The van der Waals surface area contributed by atoms with Crippen LogP contribution < -0.4 is 21.4 Å². The van der Waals surface area contributed by atoms with Gasteiger partial charge in [0.1, 0.15) is 12.1 Å². The molecular weight excluding hydrogens is 424 g/mol. The molecular formula is C24H34N2O5Si. The quantitative estimate of drug-likeness (QED) is 0.381. The molecule has 0 aliphatic rings. The molecule has 0 aliphatic heterocycles. The average molecular weight is 459 g/mol. The highest BCUT2D eigenvalue weighted by atomic mass is 28.4. The topological polar surface area (TPSA) is 111 Å². The third-order valence-corrected chi connectivity index (χ3v) is 10.5. The molecule has 2 aromatic rings. The molecule has 0 saturated carbocycles. The van der Waals surface area contributed by atoms with Gasteiger partial charge in [0.2, 0.25) is 5.91 Å². The first kappa shape index (κ1) is 25.7. The van der Waals surface area contributed by atoms with Gasteiger partial charge in [0.25, 0.3) is 8.32 Å². The molecule has 0 aliphatic carbocycles. The van der Waals surface area contributed by atoms with E-state index in [0.29, 0.717) is 0 Å². The number of aliphatic hydroxyl groups excluding tert-OH is 1. The summed E-state index contributed by atoms with van der Waals surface area (Å²) in [5, 5.41) is 14.0. The lowest BCUT2D eigenvalue weighted by atomic mass is 10.1. The van der Waals surface area contributed by atoms with Crippen LogP contribution >= 0.6 is 0 Å². The highest BCUT2D eigenvalue weighted by Crippen LogP contribution is 2.36. The van der Waals surface area contributed by atoms with Gasteiger partial charge in [-0.1, -0.05) is 81.4 Å². The van der Waals surface area contributed by atoms with E-state index in [-0.39, 0.29) is 11.6 Å². The van der Waals surface area contributed by atoms with E-state index < -0.39 is 38.4 Å². The number of carbonyl (C=O) groups is 2. The molecule has 0 spiro atoms. The number of rotatable bonds is 9. The maximum absolute atomic E-state index is 12.5. The lowest BCUT2D eigenvalue weighted by Gasteiger charge is -2.43. The number of nitrogens with one attached hydrogen (secondary N) is 1. The summed E-state index contributed by atoms with van der Waals surface area (Å²) in [5.41, 5.74) is 5.74. The maximum atomic E-state index is 12.5. The van der Waals surface area contributed by atoms with Crippen molar-refractivity contribution in [2.45, 2.75) is 50.9 Å². The van der Waals surface area contributed by atoms with Crippen molar-refractivity contribution >= 4 is 30.6 Å². The zero-order valence-corrected chi connectivity index (χ0v) is 20.4. The van der Waals surface area contributed by atoms with Crippen LogP contribution in [0, 0.1) is 0 Å². The van der Waals surface area contributed by atoms with E-state index in [9.17, 15) is 14.7 Å². The summed E-state index contributed by atoms with van der Waals surface area (Å²) in [4.78, 5) is 24.9. The second kappa shape index (κ2) is 10.9. The molecule has 3 atom stereocenters. The van der Waals surface area contributed by atoms with Gasteiger partial charge in [0, 0.05) is 0 Å². The molecule has 2 rings (SSSR count). The van der Waals surface area contributed by atoms with E-state index in [1.54, 1.807) is 0 Å². The number of carbonyl (C=O) groups excluding carboxylic acids is 2. The fourth-order valence-electron chi connectivity index (χ4n) is 3.77. The van der Waals surface area contributed by atoms with Crippen molar-refractivity contribution in [2.75, 3.05) is 13.7 Å². The zero-order chi connectivity index (χ0) is 23.9. The van der Waals surface area contributed by atoms with Crippen molar-refractivity contribution in [3.8, 4) is 0 Å². The fourth-order valence-corrected chi connectivity index (χ4v) is 8.34. The van der Waals surface area contributed by atoms with Gasteiger partial charge in [-0.2, -0.15) is 0 Å². The Kier molecular flexibility index (Phi) is 8.74. The van der Waals surface area contributed by atoms with Crippen LogP contribution in [0.15, 0.2) is 60.7 Å². The molecule has 32 heavy (non-hydrogen) atoms. The second-order valence-electron chi connectivity index (χ2n) is 8.82. The summed E-state index contributed by atoms with van der Waals surface area (Å²) in [7, 11) is -1.66. The van der Waals surface area contributed by atoms with E-state index in [0.717, 1.165) is 10.4 Å². The van der Waals surface area contributed by atoms with E-state index in [2.05, 4.69) is 26.1 Å². The van der Waals surface area contributed by atoms with E-state index in [4.69, 9.17) is 14.9 Å². The average Bonchev–Trinajstić information content (AvgIpc) is 2.77. The third kappa shape index (κ3) is 5.63. The summed E-state index contributed by atoms with van der Waals surface area (Å²) in [6, 6.07) is 17.7. The first-order valence-corrected chi connectivity index (χ1v) is 12.5. The minimum absolute atomic E-state index is 0.0990. The third-order valence-electron chi connectivity index (χ3n) is 5.51. The van der Waals surface area contributed by atoms with E-state index in [1.165, 1.54) is 14.0 Å². The normalized spacial score (nSPS) is 14.8. The smallest absolute Gasteiger partial charge is 0.330 e. The number of aliphatic hydroxyl groups is 1. The van der Waals surface area contributed by atoms with Gasteiger partial charge in [-0.05, 0) is 22.3 Å². The van der Waals surface area contributed by atoms with Crippen molar-refractivity contribution in [2.24, 2.45) is 5.73 Å². The van der Waals surface area contributed by atoms with Crippen molar-refractivity contribution in [1.29, 1.82) is 0 Å². The number of benzene rings is 2. The highest BCUT2D eigenvalue weighted by molar-refractivity contribution is 6.99. The van der Waals surface area contributed by atoms with Crippen LogP contribution in [0.4, 0.5) is 0 Å². The van der Waals surface area contributed by atoms with Crippen molar-refractivity contribution in [3.63, 3.8) is 0 Å². The Bertz CT molecular complexity index is 845. The molecule has 2 aromatic carbocycles. The fraction of sp³-hybridized carbons (Fsp3) is 0.417. The molecule has 0 fully saturated rings. The molecule has 0 bridgehead atoms. The first-order chi connectivity index (χ1) is 15.0. The molecule has 1 amide bonds. The van der Waals surface area contributed by atoms with Crippen LogP contribution in [-0.2, 0) is 18.8 Å². The number of hydrogen-bond donors (Lipinski definition) is 3. The highest BCUT2D eigenvalue weighted by Gasteiger charge is 2.50. The standard InChI is InChI=1S/C24H34N2O5Si/c1-17(27)21(25)22(28)26-20(23(29)30-5)16-31-32(24(2,3)4,18-12-8-6-9-13-18)19-14-10-7-11-15-19/h6-15,17,20-21,27H,16,25H2,1-5H3,(H,26,28)/t17-,20?,21+/m1/s1. The summed E-state index contributed by atoms with van der Waals surface area (Å²) in [6.45, 7) is 7.67. The van der Waals surface area contributed by atoms with Gasteiger partial charge in [-0.25, -0.2) is 4.79 Å². The van der Waals surface area contributed by atoms with Gasteiger partial charge in [-0.15, -0.1) is 0 Å². The van der Waals surface area contributed by atoms with Crippen LogP contribution in [0.3, 0.4) is 0 Å². The van der Waals surface area contributed by atoms with Crippen LogP contribution in [0.25, 0.3) is 0 Å². The number of ether oxygens (including phenoxy) is 1. The first-order valence-electron chi connectivity index (χ1n) is 10.6. The summed E-state index contributed by atoms with van der Waals surface area (Å²) >= 11 is 0. The van der Waals surface area contributed by atoms with Crippen molar-refractivity contribution < 1.29 is 23.9 Å². The lowest BCUT2D eigenvalue weighted by molar-refractivity contribution is -0.146. The van der Waals surface area contributed by atoms with E-state index >= 15 is 0 Å². The van der Waals surface area contributed by atoms with Crippen molar-refractivity contribution in [1.82, 2.24) is 5.32 Å². The predicted octanol–water partition coefficient (Wildman–Crippen LogP) is 0.929. The van der Waals surface area contributed by atoms with Crippen LogP contribution in [0.5, 0.6) is 0 Å². The second-order valence-corrected chi connectivity index (χ2v) is 13.1. The van der Waals surface area contributed by atoms with Gasteiger partial charge in [0.05, 0.1) is 19.8 Å². The number of nitrogens with two attached hydrogens (primary N) is 1. The molecule has 0 radical (unpaired) electrons. The Morgan fingerprint density at radius 1 is 1.03 bits per heavy atom. The minimum Gasteiger partial charge on any atom is -0.467 e. The molecule has 4 N–H and O–H groups in total. The summed E-state index contributed by atoms with van der Waals surface area (Å²) in [5.74, 6) is -1.30. The Hall–Kier alpha value is -2.52. The minimum atomic E-state index is -2.91. The van der Waals surface area contributed by atoms with Crippen molar-refractivity contribution in [3.05, 3.63) is 60.7 Å². The molecule has 7 nitrogen and oxygen atoms in total.